The van der Waals surface area contributed by atoms with Crippen molar-refractivity contribution in [2.45, 2.75) is 96.4 Å². The Morgan fingerprint density at radius 3 is 1.60 bits per heavy atom. The number of aliphatic carboxylic acids is 1. The SMILES string of the molecule is CC[C@H](C)[C@H](NC(=O)[C@@H](NC(=O)[C@H](Cc1ccccc1)NC(=O)[C@H](CCC(N)=O)NC(=O)[C@@H](N)Cc1ccccc1)[C@@H](C)CC)C(=O)O. The topological polar surface area (TPSA) is 223 Å². The minimum absolute atomic E-state index is 0.0296. The van der Waals surface area contributed by atoms with Crippen LogP contribution in [0.1, 0.15) is 64.5 Å². The van der Waals surface area contributed by atoms with Crippen LogP contribution < -0.4 is 32.7 Å². The number of amides is 5. The maximum Gasteiger partial charge on any atom is 0.326 e. The third-order valence-corrected chi connectivity index (χ3v) is 8.43. The van der Waals surface area contributed by atoms with Gasteiger partial charge in [-0.15, -0.1) is 0 Å². The van der Waals surface area contributed by atoms with Gasteiger partial charge < -0.3 is 37.8 Å². The van der Waals surface area contributed by atoms with Crippen LogP contribution in [0.3, 0.4) is 0 Å². The Morgan fingerprint density at radius 2 is 1.10 bits per heavy atom. The second-order valence-corrected chi connectivity index (χ2v) is 12.2. The Bertz CT molecular complexity index is 1370. The molecule has 0 saturated heterocycles. The van der Waals surface area contributed by atoms with Crippen molar-refractivity contribution in [3.8, 4) is 0 Å². The molecule has 2 rings (SSSR count). The van der Waals surface area contributed by atoms with Crippen LogP contribution in [0, 0.1) is 11.8 Å². The molecule has 0 spiro atoms. The Labute approximate surface area is 282 Å². The molecule has 0 aliphatic heterocycles. The summed E-state index contributed by atoms with van der Waals surface area (Å²) < 4.78 is 0. The van der Waals surface area contributed by atoms with Gasteiger partial charge in [0.15, 0.2) is 0 Å². The molecule has 7 atom stereocenters. The number of nitrogens with one attached hydrogen (secondary N) is 4. The third-order valence-electron chi connectivity index (χ3n) is 8.43. The second kappa shape index (κ2) is 19.8. The van der Waals surface area contributed by atoms with Gasteiger partial charge in [0.2, 0.25) is 29.5 Å². The fraction of sp³-hybridized carbons (Fsp3) is 0.486. The van der Waals surface area contributed by atoms with Crippen LogP contribution >= 0.6 is 0 Å². The highest BCUT2D eigenvalue weighted by atomic mass is 16.4. The van der Waals surface area contributed by atoms with E-state index < -0.39 is 65.7 Å². The van der Waals surface area contributed by atoms with Crippen LogP contribution in [0.4, 0.5) is 0 Å². The van der Waals surface area contributed by atoms with Gasteiger partial charge in [-0.3, -0.25) is 24.0 Å². The maximum absolute atomic E-state index is 13.8. The fourth-order valence-corrected chi connectivity index (χ4v) is 5.01. The highest BCUT2D eigenvalue weighted by Crippen LogP contribution is 2.14. The van der Waals surface area contributed by atoms with E-state index in [9.17, 15) is 33.9 Å². The number of benzene rings is 2. The first-order valence-electron chi connectivity index (χ1n) is 16.3. The van der Waals surface area contributed by atoms with Gasteiger partial charge >= 0.3 is 5.97 Å². The molecule has 0 radical (unpaired) electrons. The molecule has 0 fully saturated rings. The monoisotopic (exact) mass is 666 g/mol. The number of carbonyl (C=O) groups excluding carboxylic acids is 5. The molecule has 9 N–H and O–H groups in total. The van der Waals surface area contributed by atoms with Gasteiger partial charge in [-0.2, -0.15) is 0 Å². The number of rotatable bonds is 20. The molecule has 13 heteroatoms. The zero-order valence-electron chi connectivity index (χ0n) is 28.1. The molecule has 2 aromatic rings. The fourth-order valence-electron chi connectivity index (χ4n) is 5.01. The molecule has 0 aromatic heterocycles. The summed E-state index contributed by atoms with van der Waals surface area (Å²) in [4.78, 5) is 77.5. The summed E-state index contributed by atoms with van der Waals surface area (Å²) in [5.74, 6) is -5.35. The van der Waals surface area contributed by atoms with Crippen molar-refractivity contribution in [1.29, 1.82) is 0 Å². The summed E-state index contributed by atoms with van der Waals surface area (Å²) in [6.07, 6.45) is 0.858. The van der Waals surface area contributed by atoms with Crippen LogP contribution in [0.25, 0.3) is 0 Å². The molecule has 0 saturated carbocycles. The van der Waals surface area contributed by atoms with E-state index in [1.54, 1.807) is 44.2 Å². The van der Waals surface area contributed by atoms with Gasteiger partial charge in [0, 0.05) is 12.8 Å². The highest BCUT2D eigenvalue weighted by molar-refractivity contribution is 5.96. The standard InChI is InChI=1S/C35H50N6O7/c1-5-21(3)29(34(46)41-30(35(47)48)22(4)6-2)40-33(45)27(20-24-15-11-8-12-16-24)39-32(44)26(17-18-28(37)42)38-31(43)25(36)19-23-13-9-7-10-14-23/h7-16,21-22,25-27,29-30H,5-6,17-20,36H2,1-4H3,(H2,37,42)(H,38,43)(H,39,44)(H,40,45)(H,41,46)(H,47,48)/t21-,22-,25-,26-,27-,29-,30-/m0/s1. The molecule has 5 amide bonds. The van der Waals surface area contributed by atoms with E-state index in [1.807, 2.05) is 44.2 Å². The number of primary amides is 1. The van der Waals surface area contributed by atoms with Crippen molar-refractivity contribution < 1.29 is 33.9 Å². The number of hydrogen-bond donors (Lipinski definition) is 7. The van der Waals surface area contributed by atoms with Crippen molar-refractivity contribution >= 4 is 35.5 Å². The van der Waals surface area contributed by atoms with Crippen LogP contribution in [0.2, 0.25) is 0 Å². The lowest BCUT2D eigenvalue weighted by molar-refractivity contribution is -0.144. The van der Waals surface area contributed by atoms with E-state index in [2.05, 4.69) is 21.3 Å². The lowest BCUT2D eigenvalue weighted by Crippen LogP contribution is -2.60. The molecule has 262 valence electrons. The van der Waals surface area contributed by atoms with Gasteiger partial charge in [-0.25, -0.2) is 4.79 Å². The van der Waals surface area contributed by atoms with Gasteiger partial charge in [0.25, 0.3) is 0 Å². The van der Waals surface area contributed by atoms with E-state index in [0.29, 0.717) is 18.4 Å². The second-order valence-electron chi connectivity index (χ2n) is 12.2. The predicted octanol–water partition coefficient (Wildman–Crippen LogP) is 1.18. The van der Waals surface area contributed by atoms with Crippen molar-refractivity contribution in [3.63, 3.8) is 0 Å². The number of carboxylic acid groups (broad SMARTS) is 1. The van der Waals surface area contributed by atoms with E-state index >= 15 is 0 Å². The molecule has 2 aromatic carbocycles. The van der Waals surface area contributed by atoms with Crippen molar-refractivity contribution in [3.05, 3.63) is 71.8 Å². The summed E-state index contributed by atoms with van der Waals surface area (Å²) >= 11 is 0. The van der Waals surface area contributed by atoms with E-state index in [1.165, 1.54) is 0 Å². The average molecular weight is 667 g/mol. The zero-order valence-corrected chi connectivity index (χ0v) is 28.1. The van der Waals surface area contributed by atoms with Crippen molar-refractivity contribution in [2.24, 2.45) is 23.3 Å². The summed E-state index contributed by atoms with van der Waals surface area (Å²) in [6.45, 7) is 7.11. The molecule has 0 aliphatic rings. The number of nitrogens with two attached hydrogens (primary N) is 2. The summed E-state index contributed by atoms with van der Waals surface area (Å²) in [7, 11) is 0. The van der Waals surface area contributed by atoms with E-state index in [4.69, 9.17) is 11.5 Å². The lowest BCUT2D eigenvalue weighted by atomic mass is 9.94. The first kappa shape index (κ1) is 39.4. The molecule has 48 heavy (non-hydrogen) atoms. The highest BCUT2D eigenvalue weighted by Gasteiger charge is 2.35. The average Bonchev–Trinajstić information content (AvgIpc) is 3.07. The van der Waals surface area contributed by atoms with E-state index in [-0.39, 0.29) is 37.5 Å². The summed E-state index contributed by atoms with van der Waals surface area (Å²) in [5, 5.41) is 20.3. The number of carboxylic acids is 1. The van der Waals surface area contributed by atoms with E-state index in [0.717, 1.165) is 5.56 Å². The minimum Gasteiger partial charge on any atom is -0.480 e. The van der Waals surface area contributed by atoms with Gasteiger partial charge in [0.1, 0.15) is 24.2 Å². The molecular formula is C35H50N6O7. The molecule has 13 nitrogen and oxygen atoms in total. The van der Waals surface area contributed by atoms with Crippen molar-refractivity contribution in [1.82, 2.24) is 21.3 Å². The summed E-state index contributed by atoms with van der Waals surface area (Å²) in [5.41, 5.74) is 13.0. The Hall–Kier alpha value is -4.78. The van der Waals surface area contributed by atoms with Crippen LogP contribution in [0.15, 0.2) is 60.7 Å². The van der Waals surface area contributed by atoms with Gasteiger partial charge in [-0.05, 0) is 35.8 Å². The number of carbonyl (C=O) groups is 6. The quantitative estimate of drug-likeness (QED) is 0.108. The molecule has 0 heterocycles. The largest absolute Gasteiger partial charge is 0.480 e. The zero-order chi connectivity index (χ0) is 35.8. The minimum atomic E-state index is -1.25. The van der Waals surface area contributed by atoms with Crippen molar-refractivity contribution in [2.75, 3.05) is 0 Å². The maximum atomic E-state index is 13.8. The normalized spacial score (nSPS) is 15.4. The van der Waals surface area contributed by atoms with Gasteiger partial charge in [0.05, 0.1) is 6.04 Å². The number of hydrogen-bond acceptors (Lipinski definition) is 7. The van der Waals surface area contributed by atoms with Gasteiger partial charge in [-0.1, -0.05) is 101 Å². The summed E-state index contributed by atoms with van der Waals surface area (Å²) in [6, 6.07) is 12.2. The van der Waals surface area contributed by atoms with Crippen LogP contribution in [0.5, 0.6) is 0 Å². The Balaban J connectivity index is 2.33. The molecule has 0 bridgehead atoms. The lowest BCUT2D eigenvalue weighted by Gasteiger charge is -2.29. The predicted molar refractivity (Wildman–Crippen MR) is 181 cm³/mol. The molecule has 0 aliphatic carbocycles. The molecule has 0 unspecified atom stereocenters. The first-order chi connectivity index (χ1) is 22.8. The molecular weight excluding hydrogens is 616 g/mol. The first-order valence-corrected chi connectivity index (χ1v) is 16.3. The van der Waals surface area contributed by atoms with Crippen LogP contribution in [-0.2, 0) is 41.6 Å². The third kappa shape index (κ3) is 12.8. The van der Waals surface area contributed by atoms with Crippen LogP contribution in [-0.4, -0.2) is 70.8 Å². The Morgan fingerprint density at radius 1 is 0.646 bits per heavy atom. The smallest absolute Gasteiger partial charge is 0.326 e. The Kier molecular flexibility index (Phi) is 16.2.